The van der Waals surface area contributed by atoms with E-state index in [0.717, 1.165) is 11.4 Å². The van der Waals surface area contributed by atoms with Crippen molar-refractivity contribution in [3.8, 4) is 0 Å². The first-order chi connectivity index (χ1) is 5.79. The van der Waals surface area contributed by atoms with Gasteiger partial charge in [0.25, 0.3) is 0 Å². The maximum absolute atomic E-state index is 6.06. The summed E-state index contributed by atoms with van der Waals surface area (Å²) in [5.74, 6) is 1.32. The molecule has 0 aromatic heterocycles. The molecule has 0 heterocycles. The van der Waals surface area contributed by atoms with Crippen LogP contribution in [-0.4, -0.2) is 6.04 Å². The molecule has 13 heavy (non-hydrogen) atoms. The third-order valence-corrected chi connectivity index (χ3v) is 3.54. The van der Waals surface area contributed by atoms with Crippen LogP contribution < -0.4 is 5.73 Å². The molecule has 0 radical (unpaired) electrons. The summed E-state index contributed by atoms with van der Waals surface area (Å²) in [4.78, 5) is 0. The SMILES string of the molecule is Cl.NC1C2Cc3c(Cl)cccc3C12. The molecule has 0 amide bonds. The molecule has 1 aromatic rings. The number of benzene rings is 1. The molecule has 2 aliphatic carbocycles. The van der Waals surface area contributed by atoms with Gasteiger partial charge in [-0.1, -0.05) is 23.7 Å². The number of halogens is 2. The lowest BCUT2D eigenvalue weighted by Crippen LogP contribution is -2.08. The Balaban J connectivity index is 0.000000653. The summed E-state index contributed by atoms with van der Waals surface area (Å²) >= 11 is 6.06. The number of rotatable bonds is 0. The van der Waals surface area contributed by atoms with Crippen molar-refractivity contribution in [2.75, 3.05) is 0 Å². The maximum atomic E-state index is 6.06. The van der Waals surface area contributed by atoms with Gasteiger partial charge in [0.1, 0.15) is 0 Å². The topological polar surface area (TPSA) is 26.0 Å². The Bertz CT molecular complexity index is 351. The molecule has 1 fully saturated rings. The van der Waals surface area contributed by atoms with Gasteiger partial charge in [0.2, 0.25) is 0 Å². The van der Waals surface area contributed by atoms with Crippen LogP contribution in [0.4, 0.5) is 0 Å². The van der Waals surface area contributed by atoms with E-state index in [-0.39, 0.29) is 12.4 Å². The highest BCUT2D eigenvalue weighted by atomic mass is 35.5. The van der Waals surface area contributed by atoms with Crippen LogP contribution in [0.25, 0.3) is 0 Å². The first-order valence-electron chi connectivity index (χ1n) is 4.32. The molecule has 2 N–H and O–H groups in total. The lowest BCUT2D eigenvalue weighted by molar-refractivity contribution is 0.801. The summed E-state index contributed by atoms with van der Waals surface area (Å²) in [6.07, 6.45) is 1.10. The van der Waals surface area contributed by atoms with Crippen LogP contribution in [0.2, 0.25) is 5.02 Å². The Kier molecular flexibility index (Phi) is 2.06. The Labute approximate surface area is 88.7 Å². The van der Waals surface area contributed by atoms with Gasteiger partial charge in [0.15, 0.2) is 0 Å². The van der Waals surface area contributed by atoms with Gasteiger partial charge in [0.05, 0.1) is 0 Å². The number of hydrogen-bond acceptors (Lipinski definition) is 1. The molecule has 0 spiro atoms. The van der Waals surface area contributed by atoms with Gasteiger partial charge in [0, 0.05) is 17.0 Å². The molecule has 1 nitrogen and oxygen atoms in total. The first kappa shape index (κ1) is 9.32. The van der Waals surface area contributed by atoms with Gasteiger partial charge in [-0.3, -0.25) is 0 Å². The van der Waals surface area contributed by atoms with Crippen molar-refractivity contribution < 1.29 is 0 Å². The predicted octanol–water partition coefficient (Wildman–Crippen LogP) is 2.36. The zero-order chi connectivity index (χ0) is 8.29. The van der Waals surface area contributed by atoms with Crippen LogP contribution in [0, 0.1) is 5.92 Å². The van der Waals surface area contributed by atoms with Gasteiger partial charge >= 0.3 is 0 Å². The van der Waals surface area contributed by atoms with Gasteiger partial charge in [-0.05, 0) is 29.5 Å². The zero-order valence-electron chi connectivity index (χ0n) is 7.03. The molecule has 70 valence electrons. The third-order valence-electron chi connectivity index (χ3n) is 3.18. The second-order valence-corrected chi connectivity index (χ2v) is 4.19. The Morgan fingerprint density at radius 1 is 1.38 bits per heavy atom. The fraction of sp³-hybridized carbons (Fsp3) is 0.400. The van der Waals surface area contributed by atoms with Crippen molar-refractivity contribution in [1.29, 1.82) is 0 Å². The van der Waals surface area contributed by atoms with Gasteiger partial charge in [-0.2, -0.15) is 0 Å². The van der Waals surface area contributed by atoms with Gasteiger partial charge in [-0.15, -0.1) is 12.4 Å². The molecular weight excluding hydrogens is 205 g/mol. The first-order valence-corrected chi connectivity index (χ1v) is 4.69. The minimum absolute atomic E-state index is 0. The van der Waals surface area contributed by atoms with E-state index in [1.54, 1.807) is 0 Å². The van der Waals surface area contributed by atoms with E-state index >= 15 is 0 Å². The van der Waals surface area contributed by atoms with Crippen molar-refractivity contribution in [2.45, 2.75) is 18.4 Å². The second-order valence-electron chi connectivity index (χ2n) is 3.78. The predicted molar refractivity (Wildman–Crippen MR) is 56.6 cm³/mol. The molecule has 3 unspecified atom stereocenters. The van der Waals surface area contributed by atoms with Crippen LogP contribution in [-0.2, 0) is 6.42 Å². The Morgan fingerprint density at radius 2 is 2.15 bits per heavy atom. The molecule has 1 aromatic carbocycles. The van der Waals surface area contributed by atoms with Crippen LogP contribution >= 0.6 is 24.0 Å². The monoisotopic (exact) mass is 215 g/mol. The average Bonchev–Trinajstić information content (AvgIpc) is 2.57. The van der Waals surface area contributed by atoms with Gasteiger partial charge in [-0.25, -0.2) is 0 Å². The van der Waals surface area contributed by atoms with Gasteiger partial charge < -0.3 is 5.73 Å². The smallest absolute Gasteiger partial charge is 0.0440 e. The van der Waals surface area contributed by atoms with E-state index in [4.69, 9.17) is 17.3 Å². The van der Waals surface area contributed by atoms with Crippen LogP contribution in [0.5, 0.6) is 0 Å². The van der Waals surface area contributed by atoms with E-state index in [1.165, 1.54) is 11.1 Å². The van der Waals surface area contributed by atoms with Crippen LogP contribution in [0.15, 0.2) is 18.2 Å². The summed E-state index contributed by atoms with van der Waals surface area (Å²) < 4.78 is 0. The minimum atomic E-state index is 0. The molecule has 3 heteroatoms. The van der Waals surface area contributed by atoms with E-state index in [2.05, 4.69) is 6.07 Å². The van der Waals surface area contributed by atoms with Crippen molar-refractivity contribution in [3.05, 3.63) is 34.3 Å². The molecular formula is C10H11Cl2N. The summed E-state index contributed by atoms with van der Waals surface area (Å²) in [6.45, 7) is 0. The van der Waals surface area contributed by atoms with Crippen molar-refractivity contribution in [1.82, 2.24) is 0 Å². The lowest BCUT2D eigenvalue weighted by Gasteiger charge is -2.05. The Morgan fingerprint density at radius 3 is 2.92 bits per heavy atom. The van der Waals surface area contributed by atoms with E-state index in [0.29, 0.717) is 17.9 Å². The number of hydrogen-bond donors (Lipinski definition) is 1. The molecule has 0 saturated heterocycles. The summed E-state index contributed by atoms with van der Waals surface area (Å²) in [6, 6.07) is 6.57. The molecule has 0 aliphatic heterocycles. The largest absolute Gasteiger partial charge is 0.327 e. The van der Waals surface area contributed by atoms with Crippen molar-refractivity contribution in [3.63, 3.8) is 0 Å². The quantitative estimate of drug-likeness (QED) is 0.707. The molecule has 3 atom stereocenters. The molecule has 1 saturated carbocycles. The highest BCUT2D eigenvalue weighted by Gasteiger charge is 2.53. The highest BCUT2D eigenvalue weighted by Crippen LogP contribution is 2.56. The number of fused-ring (bicyclic) bond motifs is 3. The fourth-order valence-corrected chi connectivity index (χ4v) is 2.70. The molecule has 3 rings (SSSR count). The van der Waals surface area contributed by atoms with E-state index < -0.39 is 0 Å². The fourth-order valence-electron chi connectivity index (χ4n) is 2.44. The maximum Gasteiger partial charge on any atom is 0.0440 e. The minimum Gasteiger partial charge on any atom is -0.327 e. The second kappa shape index (κ2) is 2.88. The Hall–Kier alpha value is -0.240. The normalized spacial score (nSPS) is 33.2. The van der Waals surface area contributed by atoms with Crippen LogP contribution in [0.1, 0.15) is 17.0 Å². The van der Waals surface area contributed by atoms with E-state index in [1.807, 2.05) is 12.1 Å². The van der Waals surface area contributed by atoms with E-state index in [9.17, 15) is 0 Å². The lowest BCUT2D eigenvalue weighted by atomic mass is 10.1. The standard InChI is InChI=1S/C10H10ClN.ClH/c11-8-3-1-2-5-6(8)4-7-9(5)10(7)12;/h1-3,7,9-10H,4,12H2;1H. The van der Waals surface area contributed by atoms with Crippen molar-refractivity contribution >= 4 is 24.0 Å². The zero-order valence-corrected chi connectivity index (χ0v) is 8.61. The number of nitrogens with two attached hydrogens (primary N) is 1. The third kappa shape index (κ3) is 1.11. The summed E-state index contributed by atoms with van der Waals surface area (Å²) in [5, 5.41) is 0.923. The summed E-state index contributed by atoms with van der Waals surface area (Å²) in [7, 11) is 0. The molecule has 0 bridgehead atoms. The molecule has 2 aliphatic rings. The highest BCUT2D eigenvalue weighted by molar-refractivity contribution is 6.31. The summed E-state index contributed by atoms with van der Waals surface area (Å²) in [5.41, 5.74) is 8.64. The van der Waals surface area contributed by atoms with Crippen LogP contribution in [0.3, 0.4) is 0 Å². The average molecular weight is 216 g/mol. The van der Waals surface area contributed by atoms with Crippen molar-refractivity contribution in [2.24, 2.45) is 11.7 Å².